The molecule has 0 aliphatic carbocycles. The Bertz CT molecular complexity index is 1840. The Morgan fingerprint density at radius 1 is 0.400 bits per heavy atom. The number of aliphatic hydroxyl groups excluding tert-OH is 2. The Kier molecular flexibility index (Phi) is 55.5. The van der Waals surface area contributed by atoms with Crippen molar-refractivity contribution in [3.05, 3.63) is 97.2 Å². The van der Waals surface area contributed by atoms with Crippen LogP contribution in [0.3, 0.4) is 0 Å². The topological polar surface area (TPSA) is 175 Å². The van der Waals surface area contributed by atoms with E-state index in [0.29, 0.717) is 19.3 Å². The minimum Gasteiger partial charge on any atom is -0.479 e. The summed E-state index contributed by atoms with van der Waals surface area (Å²) in [5, 5.41) is 31.7. The van der Waals surface area contributed by atoms with Crippen molar-refractivity contribution in [3.63, 3.8) is 0 Å². The van der Waals surface area contributed by atoms with Crippen LogP contribution in [0.25, 0.3) is 0 Å². The molecule has 3 N–H and O–H groups in total. The summed E-state index contributed by atoms with van der Waals surface area (Å²) < 4.78 is 28.6. The number of esters is 3. The Morgan fingerprint density at radius 2 is 0.741 bits per heavy atom. The molecule has 12 nitrogen and oxygen atoms in total. The lowest BCUT2D eigenvalue weighted by Crippen LogP contribution is -2.61. The molecular weight excluding hydrogens is 1070 g/mol. The summed E-state index contributed by atoms with van der Waals surface area (Å²) in [5.41, 5.74) is 0. The largest absolute Gasteiger partial charge is 0.479 e. The highest BCUT2D eigenvalue weighted by Gasteiger charge is 2.50. The number of carbonyl (C=O) groups excluding carboxylic acids is 3. The molecule has 0 amide bonds. The van der Waals surface area contributed by atoms with Gasteiger partial charge in [0.05, 0.1) is 6.61 Å². The first-order chi connectivity index (χ1) is 41.6. The van der Waals surface area contributed by atoms with Gasteiger partial charge in [0.15, 0.2) is 24.6 Å². The third-order valence-corrected chi connectivity index (χ3v) is 15.1. The summed E-state index contributed by atoms with van der Waals surface area (Å²) in [4.78, 5) is 51.4. The Balaban J connectivity index is 2.68. The van der Waals surface area contributed by atoms with Crippen molar-refractivity contribution in [2.24, 2.45) is 0 Å². The molecule has 1 heterocycles. The van der Waals surface area contributed by atoms with Gasteiger partial charge >= 0.3 is 23.9 Å². The van der Waals surface area contributed by atoms with E-state index in [1.807, 2.05) is 0 Å². The van der Waals surface area contributed by atoms with E-state index in [9.17, 15) is 34.5 Å². The second-order valence-corrected chi connectivity index (χ2v) is 23.1. The summed E-state index contributed by atoms with van der Waals surface area (Å²) >= 11 is 0. The maximum absolute atomic E-state index is 13.2. The van der Waals surface area contributed by atoms with Crippen molar-refractivity contribution in [3.8, 4) is 0 Å². The molecule has 1 saturated heterocycles. The van der Waals surface area contributed by atoms with Crippen LogP contribution < -0.4 is 0 Å². The number of hydrogen-bond donors (Lipinski definition) is 3. The lowest BCUT2D eigenvalue weighted by atomic mass is 9.98. The van der Waals surface area contributed by atoms with Crippen LogP contribution in [0.1, 0.15) is 290 Å². The summed E-state index contributed by atoms with van der Waals surface area (Å²) in [7, 11) is 0. The fraction of sp³-hybridized carbons (Fsp3) is 0.726. The van der Waals surface area contributed by atoms with Gasteiger partial charge in [-0.2, -0.15) is 0 Å². The molecule has 1 fully saturated rings. The molecule has 1 rings (SSSR count). The van der Waals surface area contributed by atoms with E-state index in [1.54, 1.807) is 0 Å². The molecule has 0 aromatic carbocycles. The summed E-state index contributed by atoms with van der Waals surface area (Å²) in [6.45, 7) is 5.86. The van der Waals surface area contributed by atoms with Crippen molar-refractivity contribution in [2.45, 2.75) is 327 Å². The van der Waals surface area contributed by atoms with Gasteiger partial charge in [0.25, 0.3) is 0 Å². The molecule has 486 valence electrons. The van der Waals surface area contributed by atoms with Gasteiger partial charge in [0, 0.05) is 19.3 Å². The van der Waals surface area contributed by atoms with Gasteiger partial charge in [-0.25, -0.2) is 4.79 Å². The fourth-order valence-electron chi connectivity index (χ4n) is 9.93. The number of unbranched alkanes of at least 4 members (excludes halogenated alkanes) is 28. The molecule has 6 unspecified atom stereocenters. The van der Waals surface area contributed by atoms with Gasteiger partial charge in [-0.05, 0) is 103 Å². The average Bonchev–Trinajstić information content (AvgIpc) is 3.51. The quantitative estimate of drug-likeness (QED) is 0.0228. The van der Waals surface area contributed by atoms with E-state index in [4.69, 9.17) is 23.7 Å². The average molecular weight is 1190 g/mol. The van der Waals surface area contributed by atoms with E-state index < -0.39 is 67.3 Å². The number of aliphatic hydroxyl groups is 2. The van der Waals surface area contributed by atoms with E-state index in [2.05, 4.69) is 118 Å². The zero-order valence-corrected chi connectivity index (χ0v) is 53.8. The van der Waals surface area contributed by atoms with E-state index in [-0.39, 0.29) is 25.9 Å². The third-order valence-electron chi connectivity index (χ3n) is 15.1. The highest BCUT2D eigenvalue weighted by Crippen LogP contribution is 2.27. The second kappa shape index (κ2) is 59.9. The minimum atomic E-state index is -1.92. The number of ether oxygens (including phenoxy) is 5. The predicted molar refractivity (Wildman–Crippen MR) is 349 cm³/mol. The molecule has 1 aliphatic rings. The number of carbonyl (C=O) groups is 4. The molecule has 0 saturated carbocycles. The number of carboxylic acids is 1. The van der Waals surface area contributed by atoms with Crippen molar-refractivity contribution in [1.82, 2.24) is 0 Å². The second-order valence-electron chi connectivity index (χ2n) is 23.1. The monoisotopic (exact) mass is 1190 g/mol. The van der Waals surface area contributed by atoms with Gasteiger partial charge in [0.1, 0.15) is 18.8 Å². The number of rotatable bonds is 58. The maximum Gasteiger partial charge on any atom is 0.335 e. The first-order valence-electron chi connectivity index (χ1n) is 34.2. The highest BCUT2D eigenvalue weighted by atomic mass is 16.7. The molecule has 12 heteroatoms. The van der Waals surface area contributed by atoms with Crippen molar-refractivity contribution in [2.75, 3.05) is 13.2 Å². The molecule has 0 spiro atoms. The van der Waals surface area contributed by atoms with Crippen molar-refractivity contribution < 1.29 is 58.2 Å². The van der Waals surface area contributed by atoms with Crippen LogP contribution in [0.5, 0.6) is 0 Å². The molecule has 85 heavy (non-hydrogen) atoms. The summed E-state index contributed by atoms with van der Waals surface area (Å²) in [6.07, 6.45) is 67.8. The van der Waals surface area contributed by atoms with Crippen molar-refractivity contribution in [1.29, 1.82) is 0 Å². The third kappa shape index (κ3) is 49.3. The van der Waals surface area contributed by atoms with Crippen LogP contribution in [0.4, 0.5) is 0 Å². The standard InChI is InChI=1S/C73H122O12/c1-4-7-10-13-16-19-22-25-28-31-33-36-38-41-44-47-50-53-56-59-65(74)81-62-64(83-66(75)60-57-54-51-48-45-42-39-35-30-27-24-21-18-15-12-9-6-3)63-82-73-71(69(78)68(77)70(85-73)72(79)80)84-67(76)61-58-55-52-49-46-43-40-37-34-32-29-26-23-20-17-14-11-8-5-2/h7,10,16-17,19-20,25-26,28-29,33-34,36-37,41,44,64,68-71,73,77-78H,4-6,8-9,11-15,18,21-24,27,30-32,35,38-40,42-43,45-63H2,1-3H3,(H,79,80)/b10-7-,19-16-,20-17-,28-25-,29-26-,36-33-,37-34-,44-41-. The normalized spacial score (nSPS) is 18.1. The van der Waals surface area contributed by atoms with Gasteiger partial charge < -0.3 is 39.0 Å². The van der Waals surface area contributed by atoms with Gasteiger partial charge in [-0.3, -0.25) is 14.4 Å². The Labute approximate surface area is 517 Å². The lowest BCUT2D eigenvalue weighted by Gasteiger charge is -2.40. The molecule has 1 aliphatic heterocycles. The van der Waals surface area contributed by atoms with Gasteiger partial charge in [-0.1, -0.05) is 266 Å². The minimum absolute atomic E-state index is 0.0400. The zero-order chi connectivity index (χ0) is 61.7. The van der Waals surface area contributed by atoms with Crippen molar-refractivity contribution >= 4 is 23.9 Å². The molecule has 0 aromatic rings. The highest BCUT2D eigenvalue weighted by molar-refractivity contribution is 5.74. The SMILES string of the molecule is CC/C=C\C/C=C\C/C=C\C/C=C\C/C=C\CCCCCC(=O)OCC(COC1OC(C(=O)O)C(O)C(O)C1OC(=O)CCCCCCCC/C=C\C/C=C\C/C=C\CCCCC)OC(=O)CCCCCCCCCCCCCCCCCCC. The Hall–Kier alpha value is -4.36. The van der Waals surface area contributed by atoms with E-state index in [0.717, 1.165) is 122 Å². The van der Waals surface area contributed by atoms with Gasteiger partial charge in [0.2, 0.25) is 0 Å². The van der Waals surface area contributed by atoms with Crippen LogP contribution in [-0.2, 0) is 42.9 Å². The molecule has 6 atom stereocenters. The Morgan fingerprint density at radius 3 is 1.16 bits per heavy atom. The smallest absolute Gasteiger partial charge is 0.335 e. The molecule has 0 radical (unpaired) electrons. The lowest BCUT2D eigenvalue weighted by molar-refractivity contribution is -0.301. The maximum atomic E-state index is 13.2. The summed E-state index contributed by atoms with van der Waals surface area (Å²) in [6, 6.07) is 0. The van der Waals surface area contributed by atoms with Crippen LogP contribution in [0.2, 0.25) is 0 Å². The van der Waals surface area contributed by atoms with Crippen LogP contribution in [-0.4, -0.2) is 89.2 Å². The van der Waals surface area contributed by atoms with E-state index >= 15 is 0 Å². The van der Waals surface area contributed by atoms with Crippen LogP contribution >= 0.6 is 0 Å². The van der Waals surface area contributed by atoms with Gasteiger partial charge in [-0.15, -0.1) is 0 Å². The number of hydrogen-bond acceptors (Lipinski definition) is 11. The fourth-order valence-corrected chi connectivity index (χ4v) is 9.93. The number of carboxylic acid groups (broad SMARTS) is 1. The van der Waals surface area contributed by atoms with E-state index in [1.165, 1.54) is 109 Å². The molecular formula is C73H122O12. The number of aliphatic carboxylic acids is 1. The first kappa shape index (κ1) is 78.7. The predicted octanol–water partition coefficient (Wildman–Crippen LogP) is 18.8. The molecule has 0 aromatic heterocycles. The van der Waals surface area contributed by atoms with Crippen LogP contribution in [0.15, 0.2) is 97.2 Å². The molecule has 0 bridgehead atoms. The van der Waals surface area contributed by atoms with Crippen LogP contribution in [0, 0.1) is 0 Å². The number of allylic oxidation sites excluding steroid dienone is 16. The summed E-state index contributed by atoms with van der Waals surface area (Å²) in [5.74, 6) is -3.17. The zero-order valence-electron chi connectivity index (χ0n) is 53.8. The first-order valence-corrected chi connectivity index (χ1v) is 34.2.